The Labute approximate surface area is 145 Å². The minimum Gasteiger partial charge on any atom is -0.493 e. The summed E-state index contributed by atoms with van der Waals surface area (Å²) in [5, 5.41) is 0. The Morgan fingerprint density at radius 3 is 2.75 bits per heavy atom. The molecule has 0 unspecified atom stereocenters. The number of carbonyl (C=O) groups is 1. The summed E-state index contributed by atoms with van der Waals surface area (Å²) in [4.78, 5) is 14.6. The second-order valence-corrected chi connectivity index (χ2v) is 6.74. The number of likely N-dealkylation sites (tertiary alicyclic amines) is 1. The Kier molecular flexibility index (Phi) is 7.53. The molecule has 1 fully saturated rings. The van der Waals surface area contributed by atoms with Gasteiger partial charge in [-0.15, -0.1) is 0 Å². The standard InChI is InChI=1S/C19H30N2O3/c1-15(2)14-24-18-6-3-5-16(13-18)19(22)21-10-7-17(8-11-21)23-12-4-9-20/h3,5-6,13,15,17H,4,7-12,14,20H2,1-2H3. The van der Waals surface area contributed by atoms with Crippen molar-refractivity contribution in [3.8, 4) is 5.75 Å². The molecule has 0 saturated carbocycles. The van der Waals surface area contributed by atoms with Crippen LogP contribution in [0.4, 0.5) is 0 Å². The first kappa shape index (κ1) is 18.7. The fourth-order valence-electron chi connectivity index (χ4n) is 2.72. The Morgan fingerprint density at radius 2 is 2.08 bits per heavy atom. The summed E-state index contributed by atoms with van der Waals surface area (Å²) >= 11 is 0. The average Bonchev–Trinajstić information content (AvgIpc) is 2.60. The lowest BCUT2D eigenvalue weighted by atomic mass is 10.1. The van der Waals surface area contributed by atoms with Crippen molar-refractivity contribution in [2.24, 2.45) is 11.7 Å². The van der Waals surface area contributed by atoms with Gasteiger partial charge >= 0.3 is 0 Å². The van der Waals surface area contributed by atoms with E-state index in [1.54, 1.807) is 0 Å². The van der Waals surface area contributed by atoms with E-state index in [2.05, 4.69) is 13.8 Å². The van der Waals surface area contributed by atoms with Crippen molar-refractivity contribution in [3.05, 3.63) is 29.8 Å². The van der Waals surface area contributed by atoms with E-state index in [9.17, 15) is 4.79 Å². The van der Waals surface area contributed by atoms with Gasteiger partial charge < -0.3 is 20.1 Å². The lowest BCUT2D eigenvalue weighted by Gasteiger charge is -2.32. The highest BCUT2D eigenvalue weighted by atomic mass is 16.5. The Bertz CT molecular complexity index is 511. The van der Waals surface area contributed by atoms with Gasteiger partial charge in [-0.2, -0.15) is 0 Å². The summed E-state index contributed by atoms with van der Waals surface area (Å²) in [7, 11) is 0. The maximum atomic E-state index is 12.7. The van der Waals surface area contributed by atoms with Crippen molar-refractivity contribution < 1.29 is 14.3 Å². The third-order valence-electron chi connectivity index (χ3n) is 4.10. The molecule has 2 N–H and O–H groups in total. The molecule has 1 aliphatic heterocycles. The van der Waals surface area contributed by atoms with Crippen molar-refractivity contribution in [2.45, 2.75) is 39.2 Å². The van der Waals surface area contributed by atoms with Crippen molar-refractivity contribution in [1.82, 2.24) is 4.90 Å². The molecule has 5 heteroatoms. The van der Waals surface area contributed by atoms with Crippen molar-refractivity contribution in [3.63, 3.8) is 0 Å². The molecule has 0 aromatic heterocycles. The topological polar surface area (TPSA) is 64.8 Å². The maximum Gasteiger partial charge on any atom is 0.253 e. The molecule has 0 atom stereocenters. The van der Waals surface area contributed by atoms with E-state index in [1.165, 1.54) is 0 Å². The number of nitrogens with zero attached hydrogens (tertiary/aromatic N) is 1. The van der Waals surface area contributed by atoms with E-state index in [-0.39, 0.29) is 12.0 Å². The number of piperidine rings is 1. The largest absolute Gasteiger partial charge is 0.493 e. The smallest absolute Gasteiger partial charge is 0.253 e. The zero-order chi connectivity index (χ0) is 17.4. The van der Waals surface area contributed by atoms with E-state index < -0.39 is 0 Å². The molecule has 2 rings (SSSR count). The first-order chi connectivity index (χ1) is 11.6. The fraction of sp³-hybridized carbons (Fsp3) is 0.632. The highest BCUT2D eigenvalue weighted by molar-refractivity contribution is 5.94. The maximum absolute atomic E-state index is 12.7. The van der Waals surface area contributed by atoms with Gasteiger partial charge in [0.2, 0.25) is 0 Å². The van der Waals surface area contributed by atoms with Crippen LogP contribution in [0.15, 0.2) is 24.3 Å². The summed E-state index contributed by atoms with van der Waals surface area (Å²) in [6.07, 6.45) is 2.92. The third kappa shape index (κ3) is 5.80. The first-order valence-corrected chi connectivity index (χ1v) is 8.94. The fourth-order valence-corrected chi connectivity index (χ4v) is 2.72. The van der Waals surface area contributed by atoms with Gasteiger partial charge in [0.05, 0.1) is 12.7 Å². The number of rotatable bonds is 8. The molecule has 1 heterocycles. The second-order valence-electron chi connectivity index (χ2n) is 6.74. The minimum absolute atomic E-state index is 0.0744. The van der Waals surface area contributed by atoms with Gasteiger partial charge in [-0.3, -0.25) is 4.79 Å². The lowest BCUT2D eigenvalue weighted by molar-refractivity contribution is 0.00843. The van der Waals surface area contributed by atoms with Gasteiger partial charge in [0.25, 0.3) is 5.91 Å². The van der Waals surface area contributed by atoms with Gasteiger partial charge in [-0.1, -0.05) is 19.9 Å². The molecule has 1 aromatic carbocycles. The zero-order valence-electron chi connectivity index (χ0n) is 14.9. The summed E-state index contributed by atoms with van der Waals surface area (Å²) in [6, 6.07) is 7.48. The van der Waals surface area contributed by atoms with Crippen LogP contribution in [0.25, 0.3) is 0 Å². The van der Waals surface area contributed by atoms with Crippen LogP contribution in [0.1, 0.15) is 43.5 Å². The second kappa shape index (κ2) is 9.64. The Hall–Kier alpha value is -1.59. The van der Waals surface area contributed by atoms with E-state index in [4.69, 9.17) is 15.2 Å². The van der Waals surface area contributed by atoms with Crippen LogP contribution in [0.2, 0.25) is 0 Å². The summed E-state index contributed by atoms with van der Waals surface area (Å²) in [5.74, 6) is 1.29. The van der Waals surface area contributed by atoms with Gasteiger partial charge in [0.1, 0.15) is 5.75 Å². The number of ether oxygens (including phenoxy) is 2. The zero-order valence-corrected chi connectivity index (χ0v) is 14.9. The van der Waals surface area contributed by atoms with Crippen molar-refractivity contribution in [1.29, 1.82) is 0 Å². The molecule has 1 saturated heterocycles. The molecular weight excluding hydrogens is 304 g/mol. The van der Waals surface area contributed by atoms with Crippen LogP contribution in [-0.4, -0.2) is 49.8 Å². The summed E-state index contributed by atoms with van der Waals surface area (Å²) in [6.45, 7) is 7.72. The molecule has 134 valence electrons. The number of benzene rings is 1. The molecule has 5 nitrogen and oxygen atoms in total. The van der Waals surface area contributed by atoms with Gasteiger partial charge in [0, 0.05) is 25.3 Å². The third-order valence-corrected chi connectivity index (χ3v) is 4.10. The highest BCUT2D eigenvalue weighted by Gasteiger charge is 2.24. The average molecular weight is 334 g/mol. The molecular formula is C19H30N2O3. The van der Waals surface area contributed by atoms with Crippen LogP contribution >= 0.6 is 0 Å². The Morgan fingerprint density at radius 1 is 1.33 bits per heavy atom. The quantitative estimate of drug-likeness (QED) is 0.742. The van der Waals surface area contributed by atoms with Gasteiger partial charge in [0.15, 0.2) is 0 Å². The number of amides is 1. The van der Waals surface area contributed by atoms with Crippen molar-refractivity contribution in [2.75, 3.05) is 32.8 Å². The minimum atomic E-state index is 0.0744. The molecule has 0 radical (unpaired) electrons. The Balaban J connectivity index is 1.85. The molecule has 0 spiro atoms. The van der Waals surface area contributed by atoms with Crippen LogP contribution in [0, 0.1) is 5.92 Å². The number of carbonyl (C=O) groups excluding carboxylic acids is 1. The summed E-state index contributed by atoms with van der Waals surface area (Å²) < 4.78 is 11.5. The highest BCUT2D eigenvalue weighted by Crippen LogP contribution is 2.19. The SMILES string of the molecule is CC(C)COc1cccc(C(=O)N2CCC(OCCCN)CC2)c1. The van der Waals surface area contributed by atoms with Crippen LogP contribution in [0.5, 0.6) is 5.75 Å². The first-order valence-electron chi connectivity index (χ1n) is 8.94. The number of hydrogen-bond acceptors (Lipinski definition) is 4. The van der Waals surface area contributed by atoms with Gasteiger partial charge in [-0.05, 0) is 49.9 Å². The van der Waals surface area contributed by atoms with E-state index >= 15 is 0 Å². The monoisotopic (exact) mass is 334 g/mol. The molecule has 24 heavy (non-hydrogen) atoms. The number of hydrogen-bond donors (Lipinski definition) is 1. The predicted octanol–water partition coefficient (Wildman–Crippen LogP) is 2.69. The van der Waals surface area contributed by atoms with E-state index in [0.717, 1.165) is 38.1 Å². The molecule has 0 bridgehead atoms. The molecule has 1 aromatic rings. The molecule has 1 amide bonds. The van der Waals surface area contributed by atoms with Crippen LogP contribution in [-0.2, 0) is 4.74 Å². The van der Waals surface area contributed by atoms with Crippen molar-refractivity contribution >= 4 is 5.91 Å². The van der Waals surface area contributed by atoms with Gasteiger partial charge in [-0.25, -0.2) is 0 Å². The normalized spacial score (nSPS) is 15.8. The predicted molar refractivity (Wildman–Crippen MR) is 95.3 cm³/mol. The molecule has 0 aliphatic carbocycles. The van der Waals surface area contributed by atoms with Crippen LogP contribution in [0.3, 0.4) is 0 Å². The van der Waals surface area contributed by atoms with E-state index in [1.807, 2.05) is 29.2 Å². The summed E-state index contributed by atoms with van der Waals surface area (Å²) in [5.41, 5.74) is 6.17. The van der Waals surface area contributed by atoms with Crippen LogP contribution < -0.4 is 10.5 Å². The van der Waals surface area contributed by atoms with E-state index in [0.29, 0.717) is 31.2 Å². The lowest BCUT2D eigenvalue weighted by Crippen LogP contribution is -2.41. The molecule has 1 aliphatic rings. The number of nitrogens with two attached hydrogens (primary N) is 1.